The van der Waals surface area contributed by atoms with Crippen LogP contribution in [0.4, 0.5) is 8.78 Å². The Kier molecular flexibility index (Phi) is 4.27. The molecule has 1 aromatic rings. The Hall–Kier alpha value is -1.04. The van der Waals surface area contributed by atoms with Crippen molar-refractivity contribution in [2.75, 3.05) is 26.7 Å². The number of benzene rings is 1. The molecule has 0 amide bonds. The van der Waals surface area contributed by atoms with Gasteiger partial charge in [-0.15, -0.1) is 0 Å². The van der Waals surface area contributed by atoms with E-state index >= 15 is 0 Å². The van der Waals surface area contributed by atoms with E-state index in [-0.39, 0.29) is 18.6 Å². The Balaban J connectivity index is 2.02. The molecule has 0 bridgehead atoms. The van der Waals surface area contributed by atoms with Crippen molar-refractivity contribution in [2.24, 2.45) is 5.73 Å². The molecule has 0 spiro atoms. The summed E-state index contributed by atoms with van der Waals surface area (Å²) in [5.41, 5.74) is 6.33. The molecule has 3 nitrogen and oxygen atoms in total. The molecule has 1 aliphatic heterocycles. The number of ether oxygens (including phenoxy) is 1. The summed E-state index contributed by atoms with van der Waals surface area (Å²) < 4.78 is 32.2. The molecule has 0 aromatic heterocycles. The van der Waals surface area contributed by atoms with Crippen LogP contribution >= 0.6 is 0 Å². The van der Waals surface area contributed by atoms with E-state index in [2.05, 4.69) is 4.90 Å². The molecule has 2 rings (SSSR count). The molecule has 2 unspecified atom stereocenters. The largest absolute Gasteiger partial charge is 0.374 e. The monoisotopic (exact) mass is 256 g/mol. The molecule has 1 aliphatic rings. The lowest BCUT2D eigenvalue weighted by Gasteiger charge is -2.33. The van der Waals surface area contributed by atoms with Crippen LogP contribution < -0.4 is 5.73 Å². The first kappa shape index (κ1) is 13.4. The van der Waals surface area contributed by atoms with Gasteiger partial charge in [0.25, 0.3) is 0 Å². The summed E-state index contributed by atoms with van der Waals surface area (Å²) in [6.45, 7) is 2.22. The minimum Gasteiger partial charge on any atom is -0.374 e. The maximum atomic E-state index is 13.5. The zero-order chi connectivity index (χ0) is 13.1. The fourth-order valence-electron chi connectivity index (χ4n) is 2.16. The first-order valence-electron chi connectivity index (χ1n) is 6.06. The van der Waals surface area contributed by atoms with Gasteiger partial charge in [-0.2, -0.15) is 0 Å². The molecule has 1 fully saturated rings. The second-order valence-electron chi connectivity index (χ2n) is 4.75. The van der Waals surface area contributed by atoms with Gasteiger partial charge in [-0.05, 0) is 25.1 Å². The first-order chi connectivity index (χ1) is 8.58. The van der Waals surface area contributed by atoms with Crippen molar-refractivity contribution in [3.8, 4) is 0 Å². The van der Waals surface area contributed by atoms with Crippen LogP contribution in [0.5, 0.6) is 0 Å². The molecule has 0 radical (unpaired) electrons. The molecule has 18 heavy (non-hydrogen) atoms. The van der Waals surface area contributed by atoms with E-state index in [0.29, 0.717) is 12.2 Å². The maximum Gasteiger partial charge on any atom is 0.162 e. The number of nitrogens with zero attached hydrogens (tertiary/aromatic N) is 1. The average Bonchev–Trinajstić information content (AvgIpc) is 2.35. The van der Waals surface area contributed by atoms with Gasteiger partial charge in [0.1, 0.15) is 0 Å². The topological polar surface area (TPSA) is 38.5 Å². The predicted octanol–water partition coefficient (Wildman–Crippen LogP) is 1.17. The normalized spacial score (nSPS) is 23.0. The van der Waals surface area contributed by atoms with Crippen LogP contribution in [0.2, 0.25) is 0 Å². The van der Waals surface area contributed by atoms with E-state index in [9.17, 15) is 8.78 Å². The number of morpholine rings is 1. The summed E-state index contributed by atoms with van der Waals surface area (Å²) in [6.07, 6.45) is 0.147. The summed E-state index contributed by atoms with van der Waals surface area (Å²) >= 11 is 0. The lowest BCUT2D eigenvalue weighted by Crippen LogP contribution is -2.50. The minimum absolute atomic E-state index is 0.133. The number of likely N-dealkylation sites (N-methyl/N-ethyl adjacent to an activating group) is 1. The lowest BCUT2D eigenvalue weighted by molar-refractivity contribution is -0.0320. The summed E-state index contributed by atoms with van der Waals surface area (Å²) in [7, 11) is 1.99. The molecule has 0 saturated carbocycles. The van der Waals surface area contributed by atoms with E-state index in [1.54, 1.807) is 6.07 Å². The Morgan fingerprint density at radius 2 is 2.28 bits per heavy atom. The Bertz CT molecular complexity index is 414. The second-order valence-corrected chi connectivity index (χ2v) is 4.75. The van der Waals surface area contributed by atoms with E-state index in [1.165, 1.54) is 6.07 Å². The highest BCUT2D eigenvalue weighted by Crippen LogP contribution is 2.16. The number of hydrogen-bond acceptors (Lipinski definition) is 3. The molecule has 1 heterocycles. The molecule has 1 saturated heterocycles. The van der Waals surface area contributed by atoms with Crippen molar-refractivity contribution in [2.45, 2.75) is 18.6 Å². The quantitative estimate of drug-likeness (QED) is 0.882. The Morgan fingerprint density at radius 1 is 1.50 bits per heavy atom. The number of rotatable bonds is 3. The van der Waals surface area contributed by atoms with Gasteiger partial charge in [0, 0.05) is 19.1 Å². The zero-order valence-corrected chi connectivity index (χ0v) is 10.4. The van der Waals surface area contributed by atoms with Gasteiger partial charge in [0.2, 0.25) is 0 Å². The molecule has 5 heteroatoms. The van der Waals surface area contributed by atoms with Crippen molar-refractivity contribution in [1.82, 2.24) is 4.90 Å². The summed E-state index contributed by atoms with van der Waals surface area (Å²) in [5, 5.41) is 0. The van der Waals surface area contributed by atoms with Crippen LogP contribution in [0.25, 0.3) is 0 Å². The minimum atomic E-state index is -0.832. The fraction of sp³-hybridized carbons (Fsp3) is 0.538. The van der Waals surface area contributed by atoms with Crippen molar-refractivity contribution in [3.05, 3.63) is 35.4 Å². The van der Waals surface area contributed by atoms with E-state index in [1.807, 2.05) is 7.05 Å². The first-order valence-corrected chi connectivity index (χ1v) is 6.06. The summed E-state index contributed by atoms with van der Waals surface area (Å²) in [6, 6.07) is 3.83. The third-order valence-electron chi connectivity index (χ3n) is 3.26. The molecule has 1 aromatic carbocycles. The molecule has 2 atom stereocenters. The van der Waals surface area contributed by atoms with E-state index < -0.39 is 11.6 Å². The fourth-order valence-corrected chi connectivity index (χ4v) is 2.16. The number of halogens is 2. The van der Waals surface area contributed by atoms with Gasteiger partial charge in [-0.1, -0.05) is 12.1 Å². The van der Waals surface area contributed by atoms with Crippen LogP contribution in [0, 0.1) is 11.6 Å². The number of hydrogen-bond donors (Lipinski definition) is 1. The smallest absolute Gasteiger partial charge is 0.162 e. The third-order valence-corrected chi connectivity index (χ3v) is 3.26. The van der Waals surface area contributed by atoms with Gasteiger partial charge < -0.3 is 15.4 Å². The molecule has 100 valence electrons. The van der Waals surface area contributed by atoms with Crippen LogP contribution in [-0.4, -0.2) is 43.8 Å². The third kappa shape index (κ3) is 3.04. The van der Waals surface area contributed by atoms with E-state index in [0.717, 1.165) is 19.2 Å². The Morgan fingerprint density at radius 3 is 3.00 bits per heavy atom. The van der Waals surface area contributed by atoms with Gasteiger partial charge in [-0.25, -0.2) is 8.78 Å². The molecule has 2 N–H and O–H groups in total. The van der Waals surface area contributed by atoms with Gasteiger partial charge in [-0.3, -0.25) is 0 Å². The summed E-state index contributed by atoms with van der Waals surface area (Å²) in [5.74, 6) is -1.64. The predicted molar refractivity (Wildman–Crippen MR) is 65.3 cm³/mol. The maximum absolute atomic E-state index is 13.5. The van der Waals surface area contributed by atoms with Gasteiger partial charge in [0.05, 0.1) is 12.7 Å². The van der Waals surface area contributed by atoms with Crippen molar-refractivity contribution in [3.63, 3.8) is 0 Å². The van der Waals surface area contributed by atoms with Crippen molar-refractivity contribution >= 4 is 0 Å². The van der Waals surface area contributed by atoms with Crippen LogP contribution in [-0.2, 0) is 11.2 Å². The standard InChI is InChI=1S/C13H18F2N2O/c1-17-5-6-18-12(8-17)11(16)7-9-3-2-4-10(14)13(9)15/h2-4,11-12H,5-8,16H2,1H3. The SMILES string of the molecule is CN1CCOC(C(N)Cc2cccc(F)c2F)C1. The van der Waals surface area contributed by atoms with Crippen LogP contribution in [0.15, 0.2) is 18.2 Å². The summed E-state index contributed by atoms with van der Waals surface area (Å²) in [4.78, 5) is 2.12. The molecule has 0 aliphatic carbocycles. The number of nitrogens with two attached hydrogens (primary N) is 1. The average molecular weight is 256 g/mol. The Labute approximate surface area is 106 Å². The second kappa shape index (κ2) is 5.73. The lowest BCUT2D eigenvalue weighted by atomic mass is 10.0. The highest BCUT2D eigenvalue weighted by atomic mass is 19.2. The van der Waals surface area contributed by atoms with Gasteiger partial charge in [0.15, 0.2) is 11.6 Å². The van der Waals surface area contributed by atoms with E-state index in [4.69, 9.17) is 10.5 Å². The van der Waals surface area contributed by atoms with Crippen molar-refractivity contribution < 1.29 is 13.5 Å². The van der Waals surface area contributed by atoms with Gasteiger partial charge >= 0.3 is 0 Å². The van der Waals surface area contributed by atoms with Crippen molar-refractivity contribution in [1.29, 1.82) is 0 Å². The molecular weight excluding hydrogens is 238 g/mol. The van der Waals surface area contributed by atoms with Crippen LogP contribution in [0.3, 0.4) is 0 Å². The highest BCUT2D eigenvalue weighted by Gasteiger charge is 2.25. The highest BCUT2D eigenvalue weighted by molar-refractivity contribution is 5.20. The molecular formula is C13H18F2N2O. The zero-order valence-electron chi connectivity index (χ0n) is 10.4. The van der Waals surface area contributed by atoms with Crippen LogP contribution in [0.1, 0.15) is 5.56 Å².